The topological polar surface area (TPSA) is 30.7 Å². The number of hydrogen-bond donors (Lipinski definition) is 0. The molecular formula is C10H23N3. The molecule has 0 saturated heterocycles. The van der Waals surface area contributed by atoms with Crippen molar-refractivity contribution in [1.82, 2.24) is 15.0 Å². The first-order valence-corrected chi connectivity index (χ1v) is 5.09. The second-order valence-corrected chi connectivity index (χ2v) is 2.41. The molecule has 0 aromatic carbocycles. The molecule has 0 aliphatic rings. The Labute approximate surface area is 82.2 Å². The molecule has 1 rings (SSSR count). The van der Waals surface area contributed by atoms with E-state index in [9.17, 15) is 0 Å². The molecule has 13 heavy (non-hydrogen) atoms. The molecule has 1 aromatic heterocycles. The Kier molecular flexibility index (Phi) is 12.6. The van der Waals surface area contributed by atoms with Gasteiger partial charge in [0.2, 0.25) is 0 Å². The van der Waals surface area contributed by atoms with Crippen LogP contribution in [0.1, 0.15) is 46.7 Å². The van der Waals surface area contributed by atoms with Crippen LogP contribution in [0, 0.1) is 0 Å². The molecule has 0 bridgehead atoms. The summed E-state index contributed by atoms with van der Waals surface area (Å²) in [6.45, 7) is 10.3. The van der Waals surface area contributed by atoms with Crippen molar-refractivity contribution in [3.63, 3.8) is 0 Å². The molecular weight excluding hydrogens is 162 g/mol. The Morgan fingerprint density at radius 1 is 1.23 bits per heavy atom. The summed E-state index contributed by atoms with van der Waals surface area (Å²) < 4.78 is 1.78. The van der Waals surface area contributed by atoms with Gasteiger partial charge < -0.3 is 0 Å². The van der Waals surface area contributed by atoms with Gasteiger partial charge in [-0.05, 0) is 6.42 Å². The number of hydrogen-bond acceptors (Lipinski definition) is 2. The summed E-state index contributed by atoms with van der Waals surface area (Å²) in [4.78, 5) is 0. The molecule has 3 heteroatoms. The molecule has 1 heterocycles. The van der Waals surface area contributed by atoms with Crippen molar-refractivity contribution in [2.75, 3.05) is 0 Å². The molecule has 0 aliphatic heterocycles. The normalized spacial score (nSPS) is 7.85. The van der Waals surface area contributed by atoms with E-state index < -0.39 is 0 Å². The van der Waals surface area contributed by atoms with Crippen molar-refractivity contribution in [2.24, 2.45) is 7.05 Å². The zero-order chi connectivity index (χ0) is 10.7. The third kappa shape index (κ3) is 7.50. The van der Waals surface area contributed by atoms with Gasteiger partial charge in [-0.2, -0.15) is 0 Å². The van der Waals surface area contributed by atoms with Crippen LogP contribution in [-0.2, 0) is 13.5 Å². The molecule has 0 saturated carbocycles. The Bertz CT molecular complexity index is 182. The first-order valence-electron chi connectivity index (χ1n) is 5.09. The fraction of sp³-hybridized carbons (Fsp3) is 0.800. The van der Waals surface area contributed by atoms with Crippen LogP contribution in [0.15, 0.2) is 6.20 Å². The first-order chi connectivity index (χ1) is 6.26. The summed E-state index contributed by atoms with van der Waals surface area (Å²) in [5.74, 6) is 0. The highest BCUT2D eigenvalue weighted by atomic mass is 15.4. The summed E-state index contributed by atoms with van der Waals surface area (Å²) in [6.07, 6.45) is 4.03. The zero-order valence-corrected chi connectivity index (χ0v) is 9.83. The van der Waals surface area contributed by atoms with Crippen molar-refractivity contribution in [3.05, 3.63) is 11.9 Å². The third-order valence-corrected chi connectivity index (χ3v) is 1.17. The SMILES string of the molecule is CC.CCC.CCc1cnnn1C. The van der Waals surface area contributed by atoms with E-state index in [4.69, 9.17) is 0 Å². The number of rotatable bonds is 1. The molecule has 78 valence electrons. The van der Waals surface area contributed by atoms with E-state index in [1.807, 2.05) is 20.9 Å². The maximum atomic E-state index is 3.75. The lowest BCUT2D eigenvalue weighted by Crippen LogP contribution is -1.95. The lowest BCUT2D eigenvalue weighted by atomic mass is 10.4. The minimum absolute atomic E-state index is 1.00. The highest BCUT2D eigenvalue weighted by Crippen LogP contribution is 1.91. The molecule has 1 aromatic rings. The Hall–Kier alpha value is -0.860. The van der Waals surface area contributed by atoms with Crippen LogP contribution < -0.4 is 0 Å². The average molecular weight is 185 g/mol. The quantitative estimate of drug-likeness (QED) is 0.673. The largest absolute Gasteiger partial charge is 0.252 e. The summed E-state index contributed by atoms with van der Waals surface area (Å²) in [5, 5.41) is 7.46. The number of nitrogens with zero attached hydrogens (tertiary/aromatic N) is 3. The van der Waals surface area contributed by atoms with Gasteiger partial charge >= 0.3 is 0 Å². The third-order valence-electron chi connectivity index (χ3n) is 1.17. The van der Waals surface area contributed by atoms with Gasteiger partial charge in [0, 0.05) is 7.05 Å². The Balaban J connectivity index is 0. The molecule has 0 fully saturated rings. The predicted octanol–water partition coefficient (Wildman–Crippen LogP) is 2.82. The summed E-state index contributed by atoms with van der Waals surface area (Å²) in [7, 11) is 1.89. The fourth-order valence-electron chi connectivity index (χ4n) is 0.631. The van der Waals surface area contributed by atoms with Gasteiger partial charge in [-0.15, -0.1) is 5.10 Å². The standard InChI is InChI=1S/C5H9N3.C3H8.C2H6/c1-3-5-4-6-7-8(5)2;1-3-2;1-2/h4H,3H2,1-2H3;3H2,1-2H3;1-2H3. The van der Waals surface area contributed by atoms with E-state index in [0.717, 1.165) is 6.42 Å². The average Bonchev–Trinajstić information content (AvgIpc) is 2.56. The lowest BCUT2D eigenvalue weighted by Gasteiger charge is -1.90. The second kappa shape index (κ2) is 11.1. The van der Waals surface area contributed by atoms with Gasteiger partial charge in [-0.1, -0.05) is 46.3 Å². The smallest absolute Gasteiger partial charge is 0.0724 e. The molecule has 0 radical (unpaired) electrons. The Morgan fingerprint density at radius 3 is 1.85 bits per heavy atom. The summed E-state index contributed by atoms with van der Waals surface area (Å²) in [5.41, 5.74) is 1.17. The minimum atomic E-state index is 1.00. The van der Waals surface area contributed by atoms with Crippen LogP contribution in [0.5, 0.6) is 0 Å². The minimum Gasteiger partial charge on any atom is -0.252 e. The van der Waals surface area contributed by atoms with Crippen LogP contribution >= 0.6 is 0 Å². The van der Waals surface area contributed by atoms with E-state index in [0.29, 0.717) is 0 Å². The van der Waals surface area contributed by atoms with Gasteiger partial charge in [0.05, 0.1) is 11.9 Å². The molecule has 0 spiro atoms. The molecule has 0 amide bonds. The van der Waals surface area contributed by atoms with Gasteiger partial charge in [-0.25, -0.2) is 0 Å². The summed E-state index contributed by atoms with van der Waals surface area (Å²) in [6, 6.07) is 0. The maximum absolute atomic E-state index is 3.75. The maximum Gasteiger partial charge on any atom is 0.0724 e. The molecule has 0 unspecified atom stereocenters. The summed E-state index contributed by atoms with van der Waals surface area (Å²) >= 11 is 0. The molecule has 0 N–H and O–H groups in total. The number of aryl methyl sites for hydroxylation is 2. The fourth-order valence-corrected chi connectivity index (χ4v) is 0.631. The lowest BCUT2D eigenvalue weighted by molar-refractivity contribution is 0.682. The highest BCUT2D eigenvalue weighted by Gasteiger charge is 1.91. The van der Waals surface area contributed by atoms with Crippen molar-refractivity contribution in [2.45, 2.75) is 47.5 Å². The molecule has 3 nitrogen and oxygen atoms in total. The van der Waals surface area contributed by atoms with Gasteiger partial charge in [0.25, 0.3) is 0 Å². The Morgan fingerprint density at radius 2 is 1.69 bits per heavy atom. The van der Waals surface area contributed by atoms with E-state index in [-0.39, 0.29) is 0 Å². The van der Waals surface area contributed by atoms with E-state index >= 15 is 0 Å². The highest BCUT2D eigenvalue weighted by molar-refractivity contribution is 4.91. The number of aromatic nitrogens is 3. The van der Waals surface area contributed by atoms with Crippen molar-refractivity contribution in [3.8, 4) is 0 Å². The second-order valence-electron chi connectivity index (χ2n) is 2.41. The van der Waals surface area contributed by atoms with Crippen LogP contribution in [0.4, 0.5) is 0 Å². The van der Waals surface area contributed by atoms with E-state index in [1.165, 1.54) is 12.1 Å². The van der Waals surface area contributed by atoms with Crippen LogP contribution in [0.3, 0.4) is 0 Å². The molecule has 0 aliphatic carbocycles. The first kappa shape index (κ1) is 14.7. The van der Waals surface area contributed by atoms with Crippen molar-refractivity contribution < 1.29 is 0 Å². The molecule has 0 atom stereocenters. The van der Waals surface area contributed by atoms with Crippen molar-refractivity contribution >= 4 is 0 Å². The van der Waals surface area contributed by atoms with E-state index in [1.54, 1.807) is 10.9 Å². The van der Waals surface area contributed by atoms with Gasteiger partial charge in [-0.3, -0.25) is 4.68 Å². The van der Waals surface area contributed by atoms with E-state index in [2.05, 4.69) is 31.1 Å². The zero-order valence-electron chi connectivity index (χ0n) is 9.83. The van der Waals surface area contributed by atoms with Crippen LogP contribution in [0.25, 0.3) is 0 Å². The van der Waals surface area contributed by atoms with Gasteiger partial charge in [0.15, 0.2) is 0 Å². The predicted molar refractivity (Wildman–Crippen MR) is 57.7 cm³/mol. The van der Waals surface area contributed by atoms with Crippen LogP contribution in [-0.4, -0.2) is 15.0 Å². The van der Waals surface area contributed by atoms with Gasteiger partial charge in [0.1, 0.15) is 0 Å². The monoisotopic (exact) mass is 185 g/mol. The van der Waals surface area contributed by atoms with Crippen molar-refractivity contribution in [1.29, 1.82) is 0 Å². The van der Waals surface area contributed by atoms with Crippen LogP contribution in [0.2, 0.25) is 0 Å².